The summed E-state index contributed by atoms with van der Waals surface area (Å²) >= 11 is 3.52. The summed E-state index contributed by atoms with van der Waals surface area (Å²) in [6, 6.07) is 12.0. The van der Waals surface area contributed by atoms with Gasteiger partial charge in [-0.15, -0.1) is 0 Å². The molecule has 0 unspecified atom stereocenters. The summed E-state index contributed by atoms with van der Waals surface area (Å²) in [5, 5.41) is 3.31. The number of carbonyl (C=O) groups is 1. The van der Waals surface area contributed by atoms with Gasteiger partial charge in [0.15, 0.2) is 0 Å². The van der Waals surface area contributed by atoms with Crippen LogP contribution in [0, 0.1) is 6.92 Å². The van der Waals surface area contributed by atoms with E-state index >= 15 is 0 Å². The Morgan fingerprint density at radius 3 is 2.41 bits per heavy atom. The molecule has 0 fully saturated rings. The monoisotopic (exact) mass is 433 g/mol. The number of benzene rings is 2. The minimum atomic E-state index is -0.350. The van der Waals surface area contributed by atoms with E-state index in [1.54, 1.807) is 0 Å². The van der Waals surface area contributed by atoms with E-state index < -0.39 is 0 Å². The van der Waals surface area contributed by atoms with E-state index in [9.17, 15) is 4.79 Å². The molecule has 0 aliphatic rings. The van der Waals surface area contributed by atoms with Crippen LogP contribution in [0.1, 0.15) is 48.7 Å². The molecule has 0 aromatic heterocycles. The lowest BCUT2D eigenvalue weighted by atomic mass is 9.87. The molecular weight excluding hydrogens is 406 g/mol. The number of carbonyl (C=O) groups excluding carboxylic acids is 1. The molecule has 0 aliphatic carbocycles. The van der Waals surface area contributed by atoms with Crippen LogP contribution >= 0.6 is 15.9 Å². The minimum absolute atomic E-state index is 0.140. The Morgan fingerprint density at radius 1 is 1.15 bits per heavy atom. The molecule has 0 heterocycles. The zero-order valence-electron chi connectivity index (χ0n) is 16.7. The van der Waals surface area contributed by atoms with Crippen molar-refractivity contribution in [3.8, 4) is 5.75 Å². The molecule has 2 aromatic carbocycles. The molecule has 146 valence electrons. The maximum Gasteiger partial charge on any atom is 0.340 e. The first-order chi connectivity index (χ1) is 12.7. The van der Waals surface area contributed by atoms with E-state index in [2.05, 4.69) is 54.2 Å². The van der Waals surface area contributed by atoms with Crippen LogP contribution in [-0.4, -0.2) is 26.2 Å². The molecule has 27 heavy (non-hydrogen) atoms. The standard InChI is InChI=1S/C22H28BrNO3/c1-15-13-18(21(25)26-5)20(19(23)14-15)24-11-6-12-27-17-9-7-16(8-10-17)22(2,3)4/h7-10,13-14,24H,6,11-12H2,1-5H3. The Labute approximate surface area is 170 Å². The Balaban J connectivity index is 1.88. The van der Waals surface area contributed by atoms with Gasteiger partial charge in [0.25, 0.3) is 0 Å². The molecule has 2 aromatic rings. The molecule has 0 saturated heterocycles. The largest absolute Gasteiger partial charge is 0.494 e. The molecule has 0 bridgehead atoms. The van der Waals surface area contributed by atoms with Gasteiger partial charge in [-0.3, -0.25) is 0 Å². The van der Waals surface area contributed by atoms with Gasteiger partial charge in [0, 0.05) is 11.0 Å². The third-order valence-corrected chi connectivity index (χ3v) is 4.88. The van der Waals surface area contributed by atoms with E-state index in [-0.39, 0.29) is 11.4 Å². The predicted molar refractivity (Wildman–Crippen MR) is 114 cm³/mol. The number of rotatable bonds is 7. The van der Waals surface area contributed by atoms with Crippen LogP contribution in [0.4, 0.5) is 5.69 Å². The smallest absolute Gasteiger partial charge is 0.340 e. The Bertz CT molecular complexity index is 779. The average molecular weight is 434 g/mol. The molecule has 4 nitrogen and oxygen atoms in total. The van der Waals surface area contributed by atoms with Crippen LogP contribution in [0.25, 0.3) is 0 Å². The van der Waals surface area contributed by atoms with Crippen molar-refractivity contribution >= 4 is 27.6 Å². The molecule has 0 radical (unpaired) electrons. The average Bonchev–Trinajstić information content (AvgIpc) is 2.61. The van der Waals surface area contributed by atoms with E-state index in [0.717, 1.165) is 27.9 Å². The SMILES string of the molecule is COC(=O)c1cc(C)cc(Br)c1NCCCOc1ccc(C(C)(C)C)cc1. The first-order valence-corrected chi connectivity index (χ1v) is 9.87. The van der Waals surface area contributed by atoms with Crippen molar-refractivity contribution in [2.24, 2.45) is 0 Å². The molecule has 0 amide bonds. The summed E-state index contributed by atoms with van der Waals surface area (Å²) in [6.07, 6.45) is 0.807. The first kappa shape index (κ1) is 21.3. The molecule has 0 saturated carbocycles. The maximum absolute atomic E-state index is 12.0. The maximum atomic E-state index is 12.0. The lowest BCUT2D eigenvalue weighted by Gasteiger charge is -2.19. The Kier molecular flexibility index (Phi) is 7.31. The Hall–Kier alpha value is -2.01. The van der Waals surface area contributed by atoms with Crippen LogP contribution in [0.15, 0.2) is 40.9 Å². The van der Waals surface area contributed by atoms with Gasteiger partial charge in [-0.1, -0.05) is 32.9 Å². The second-order valence-corrected chi connectivity index (χ2v) is 8.42. The minimum Gasteiger partial charge on any atom is -0.494 e. The fraction of sp³-hybridized carbons (Fsp3) is 0.409. The number of ether oxygens (including phenoxy) is 2. The van der Waals surface area contributed by atoms with Crippen LogP contribution in [0.5, 0.6) is 5.75 Å². The lowest BCUT2D eigenvalue weighted by Crippen LogP contribution is -2.13. The van der Waals surface area contributed by atoms with Gasteiger partial charge >= 0.3 is 5.97 Å². The third kappa shape index (κ3) is 5.99. The van der Waals surface area contributed by atoms with Gasteiger partial charge in [-0.25, -0.2) is 4.79 Å². The number of anilines is 1. The summed E-state index contributed by atoms with van der Waals surface area (Å²) in [6.45, 7) is 9.81. The van der Waals surface area contributed by atoms with Crippen molar-refractivity contribution in [1.82, 2.24) is 0 Å². The predicted octanol–water partition coefficient (Wildman–Crippen LogP) is 5.72. The third-order valence-electron chi connectivity index (χ3n) is 4.25. The highest BCUT2D eigenvalue weighted by molar-refractivity contribution is 9.10. The highest BCUT2D eigenvalue weighted by atomic mass is 79.9. The van der Waals surface area contributed by atoms with E-state index in [4.69, 9.17) is 9.47 Å². The second kappa shape index (κ2) is 9.27. The lowest BCUT2D eigenvalue weighted by molar-refractivity contribution is 0.0601. The van der Waals surface area contributed by atoms with Gasteiger partial charge < -0.3 is 14.8 Å². The highest BCUT2D eigenvalue weighted by Gasteiger charge is 2.15. The summed E-state index contributed by atoms with van der Waals surface area (Å²) in [7, 11) is 1.39. The zero-order chi connectivity index (χ0) is 20.0. The Morgan fingerprint density at radius 2 is 1.81 bits per heavy atom. The molecule has 1 N–H and O–H groups in total. The van der Waals surface area contributed by atoms with Crippen molar-refractivity contribution in [2.45, 2.75) is 39.5 Å². The first-order valence-electron chi connectivity index (χ1n) is 9.08. The topological polar surface area (TPSA) is 47.6 Å². The fourth-order valence-corrected chi connectivity index (χ4v) is 3.43. The number of aryl methyl sites for hydroxylation is 1. The van der Waals surface area contributed by atoms with Gasteiger partial charge in [-0.05, 0) is 70.1 Å². The number of halogens is 1. The van der Waals surface area contributed by atoms with Crippen LogP contribution in [0.3, 0.4) is 0 Å². The van der Waals surface area contributed by atoms with Crippen LogP contribution in [-0.2, 0) is 10.2 Å². The fourth-order valence-electron chi connectivity index (χ4n) is 2.72. The number of methoxy groups -OCH3 is 1. The summed E-state index contributed by atoms with van der Waals surface area (Å²) < 4.78 is 11.5. The molecule has 2 rings (SSSR count). The molecule has 0 aliphatic heterocycles. The van der Waals surface area contributed by atoms with Gasteiger partial charge in [-0.2, -0.15) is 0 Å². The quantitative estimate of drug-likeness (QED) is 0.447. The van der Waals surface area contributed by atoms with Crippen LogP contribution in [0.2, 0.25) is 0 Å². The molecule has 0 spiro atoms. The normalized spacial score (nSPS) is 11.2. The van der Waals surface area contributed by atoms with Crippen molar-refractivity contribution in [3.63, 3.8) is 0 Å². The van der Waals surface area contributed by atoms with Gasteiger partial charge in [0.1, 0.15) is 5.75 Å². The van der Waals surface area contributed by atoms with Crippen molar-refractivity contribution in [1.29, 1.82) is 0 Å². The number of hydrogen-bond donors (Lipinski definition) is 1. The van der Waals surface area contributed by atoms with E-state index in [1.807, 2.05) is 31.2 Å². The van der Waals surface area contributed by atoms with Crippen molar-refractivity contribution < 1.29 is 14.3 Å². The number of esters is 1. The van der Waals surface area contributed by atoms with Crippen molar-refractivity contribution in [3.05, 3.63) is 57.6 Å². The molecule has 0 atom stereocenters. The van der Waals surface area contributed by atoms with E-state index in [0.29, 0.717) is 18.7 Å². The zero-order valence-corrected chi connectivity index (χ0v) is 18.3. The molecular formula is C22H28BrNO3. The summed E-state index contributed by atoms with van der Waals surface area (Å²) in [4.78, 5) is 12.0. The number of hydrogen-bond acceptors (Lipinski definition) is 4. The van der Waals surface area contributed by atoms with Gasteiger partial charge in [0.2, 0.25) is 0 Å². The van der Waals surface area contributed by atoms with E-state index in [1.165, 1.54) is 12.7 Å². The number of nitrogens with one attached hydrogen (secondary N) is 1. The summed E-state index contributed by atoms with van der Waals surface area (Å²) in [5.41, 5.74) is 3.71. The van der Waals surface area contributed by atoms with Crippen LogP contribution < -0.4 is 10.1 Å². The molecule has 5 heteroatoms. The highest BCUT2D eigenvalue weighted by Crippen LogP contribution is 2.29. The van der Waals surface area contributed by atoms with Crippen molar-refractivity contribution in [2.75, 3.05) is 25.6 Å². The second-order valence-electron chi connectivity index (χ2n) is 7.56. The van der Waals surface area contributed by atoms with Gasteiger partial charge in [0.05, 0.1) is 25.0 Å². The summed E-state index contributed by atoms with van der Waals surface area (Å²) in [5.74, 6) is 0.520.